The highest BCUT2D eigenvalue weighted by Gasteiger charge is 2.36. The van der Waals surface area contributed by atoms with Crippen LogP contribution < -0.4 is 5.73 Å². The Morgan fingerprint density at radius 3 is 2.18 bits per heavy atom. The van der Waals surface area contributed by atoms with E-state index in [9.17, 15) is 5.26 Å². The third-order valence-electron chi connectivity index (χ3n) is 4.38. The van der Waals surface area contributed by atoms with E-state index in [1.807, 2.05) is 42.5 Å². The van der Waals surface area contributed by atoms with Crippen LogP contribution in [0.4, 0.5) is 0 Å². The van der Waals surface area contributed by atoms with Crippen LogP contribution in [0.5, 0.6) is 0 Å². The molecule has 1 aliphatic carbocycles. The van der Waals surface area contributed by atoms with Crippen molar-refractivity contribution in [2.24, 2.45) is 5.73 Å². The number of nitriles is 1. The van der Waals surface area contributed by atoms with Crippen LogP contribution in [0.25, 0.3) is 5.57 Å². The van der Waals surface area contributed by atoms with Crippen molar-refractivity contribution < 1.29 is 0 Å². The van der Waals surface area contributed by atoms with Crippen molar-refractivity contribution in [3.63, 3.8) is 0 Å². The van der Waals surface area contributed by atoms with Gasteiger partial charge in [0.2, 0.25) is 0 Å². The first-order valence-electron chi connectivity index (χ1n) is 7.37. The molecule has 0 saturated carbocycles. The molecule has 2 N–H and O–H groups in total. The van der Waals surface area contributed by atoms with E-state index in [4.69, 9.17) is 5.73 Å². The molecule has 0 saturated heterocycles. The fourth-order valence-electron chi connectivity index (χ4n) is 3.18. The Hall–Kier alpha value is -2.79. The van der Waals surface area contributed by atoms with Crippen LogP contribution >= 0.6 is 0 Å². The number of hydrogen-bond donors (Lipinski definition) is 1. The van der Waals surface area contributed by atoms with E-state index in [-0.39, 0.29) is 5.41 Å². The van der Waals surface area contributed by atoms with Crippen LogP contribution in [0.15, 0.2) is 78.0 Å². The average molecular weight is 286 g/mol. The number of allylic oxidation sites excluding steroid dienone is 3. The standard InChI is InChI=1S/C20H18N2/c1-20(17-10-6-3-7-11-17)13-16(12-19(22)18(20)14-21)15-8-4-2-5-9-15/h2-12H,13,22H2,1H3. The predicted molar refractivity (Wildman–Crippen MR) is 89.7 cm³/mol. The van der Waals surface area contributed by atoms with Crippen LogP contribution in [0.3, 0.4) is 0 Å². The lowest BCUT2D eigenvalue weighted by atomic mass is 9.68. The molecule has 108 valence electrons. The monoisotopic (exact) mass is 286 g/mol. The van der Waals surface area contributed by atoms with E-state index in [0.717, 1.165) is 17.5 Å². The van der Waals surface area contributed by atoms with Gasteiger partial charge in [-0.2, -0.15) is 5.26 Å². The Morgan fingerprint density at radius 1 is 1.00 bits per heavy atom. The van der Waals surface area contributed by atoms with Crippen molar-refractivity contribution in [3.05, 3.63) is 89.1 Å². The summed E-state index contributed by atoms with van der Waals surface area (Å²) >= 11 is 0. The summed E-state index contributed by atoms with van der Waals surface area (Å²) in [4.78, 5) is 0. The highest BCUT2D eigenvalue weighted by molar-refractivity contribution is 5.74. The van der Waals surface area contributed by atoms with Gasteiger partial charge in [-0.05, 0) is 29.2 Å². The van der Waals surface area contributed by atoms with E-state index in [0.29, 0.717) is 11.3 Å². The first kappa shape index (κ1) is 14.2. The number of hydrogen-bond acceptors (Lipinski definition) is 2. The molecule has 0 bridgehead atoms. The van der Waals surface area contributed by atoms with Crippen LogP contribution in [-0.4, -0.2) is 0 Å². The smallest absolute Gasteiger partial charge is 0.0978 e. The number of nitrogens with two attached hydrogens (primary N) is 1. The van der Waals surface area contributed by atoms with Crippen molar-refractivity contribution in [1.29, 1.82) is 5.26 Å². The molecule has 1 atom stereocenters. The molecule has 0 heterocycles. The minimum absolute atomic E-state index is 0.389. The first-order chi connectivity index (χ1) is 10.6. The highest BCUT2D eigenvalue weighted by atomic mass is 14.6. The molecule has 0 spiro atoms. The number of nitrogens with zero attached hydrogens (tertiary/aromatic N) is 1. The average Bonchev–Trinajstić information content (AvgIpc) is 2.56. The molecular weight excluding hydrogens is 268 g/mol. The quantitative estimate of drug-likeness (QED) is 0.900. The molecule has 2 nitrogen and oxygen atoms in total. The molecule has 0 aliphatic heterocycles. The second-order valence-electron chi connectivity index (χ2n) is 5.85. The van der Waals surface area contributed by atoms with E-state index in [1.165, 1.54) is 5.57 Å². The maximum absolute atomic E-state index is 9.60. The topological polar surface area (TPSA) is 49.8 Å². The zero-order valence-electron chi connectivity index (χ0n) is 12.6. The Labute approximate surface area is 131 Å². The van der Waals surface area contributed by atoms with E-state index < -0.39 is 0 Å². The first-order valence-corrected chi connectivity index (χ1v) is 7.37. The van der Waals surface area contributed by atoms with Gasteiger partial charge in [0.1, 0.15) is 0 Å². The Kier molecular flexibility index (Phi) is 3.56. The van der Waals surface area contributed by atoms with Crippen molar-refractivity contribution >= 4 is 5.57 Å². The van der Waals surface area contributed by atoms with Crippen molar-refractivity contribution in [1.82, 2.24) is 0 Å². The zero-order chi connectivity index (χ0) is 15.6. The molecule has 3 rings (SSSR count). The van der Waals surface area contributed by atoms with Gasteiger partial charge in [-0.1, -0.05) is 67.6 Å². The summed E-state index contributed by atoms with van der Waals surface area (Å²) in [5, 5.41) is 9.60. The summed E-state index contributed by atoms with van der Waals surface area (Å²) in [6.45, 7) is 2.10. The number of rotatable bonds is 2. The second-order valence-corrected chi connectivity index (χ2v) is 5.85. The molecule has 0 aromatic heterocycles. The molecule has 22 heavy (non-hydrogen) atoms. The van der Waals surface area contributed by atoms with E-state index in [1.54, 1.807) is 0 Å². The Morgan fingerprint density at radius 2 is 1.59 bits per heavy atom. The molecule has 0 fully saturated rings. The lowest BCUT2D eigenvalue weighted by molar-refractivity contribution is 0.578. The maximum atomic E-state index is 9.60. The lowest BCUT2D eigenvalue weighted by Gasteiger charge is -2.34. The molecule has 2 aromatic rings. The normalized spacial score (nSPS) is 21.2. The number of benzene rings is 2. The van der Waals surface area contributed by atoms with Gasteiger partial charge in [-0.15, -0.1) is 0 Å². The van der Waals surface area contributed by atoms with Gasteiger partial charge in [-0.3, -0.25) is 0 Å². The van der Waals surface area contributed by atoms with Crippen molar-refractivity contribution in [2.45, 2.75) is 18.8 Å². The minimum Gasteiger partial charge on any atom is -0.398 e. The molecule has 1 aliphatic rings. The van der Waals surface area contributed by atoms with E-state index in [2.05, 4.69) is 37.3 Å². The maximum Gasteiger partial charge on any atom is 0.0978 e. The summed E-state index contributed by atoms with van der Waals surface area (Å²) in [5.41, 5.74) is 10.5. The van der Waals surface area contributed by atoms with Crippen LogP contribution in [-0.2, 0) is 5.41 Å². The third-order valence-corrected chi connectivity index (χ3v) is 4.38. The van der Waals surface area contributed by atoms with Gasteiger partial charge < -0.3 is 5.73 Å². The lowest BCUT2D eigenvalue weighted by Crippen LogP contribution is -2.30. The van der Waals surface area contributed by atoms with Crippen LogP contribution in [0.1, 0.15) is 24.5 Å². The highest BCUT2D eigenvalue weighted by Crippen LogP contribution is 2.44. The van der Waals surface area contributed by atoms with Gasteiger partial charge in [0.25, 0.3) is 0 Å². The fraction of sp³-hybridized carbons (Fsp3) is 0.150. The third kappa shape index (κ3) is 2.31. The summed E-state index contributed by atoms with van der Waals surface area (Å²) in [7, 11) is 0. The van der Waals surface area contributed by atoms with Crippen LogP contribution in [0, 0.1) is 11.3 Å². The molecule has 0 amide bonds. The summed E-state index contributed by atoms with van der Waals surface area (Å²) in [6.07, 6.45) is 2.71. The summed E-state index contributed by atoms with van der Waals surface area (Å²) in [6, 6.07) is 22.7. The van der Waals surface area contributed by atoms with E-state index >= 15 is 0 Å². The molecular formula is C20H18N2. The molecule has 1 unspecified atom stereocenters. The van der Waals surface area contributed by atoms with Crippen molar-refractivity contribution in [2.75, 3.05) is 0 Å². The van der Waals surface area contributed by atoms with Crippen molar-refractivity contribution in [3.8, 4) is 6.07 Å². The van der Waals surface area contributed by atoms with Gasteiger partial charge in [0, 0.05) is 11.1 Å². The van der Waals surface area contributed by atoms with Gasteiger partial charge in [-0.25, -0.2) is 0 Å². The summed E-state index contributed by atoms with van der Waals surface area (Å²) < 4.78 is 0. The Bertz CT molecular complexity index is 779. The largest absolute Gasteiger partial charge is 0.398 e. The SMILES string of the molecule is CC1(c2ccccc2)CC(c2ccccc2)=CC(N)=C1C#N. The van der Waals surface area contributed by atoms with Gasteiger partial charge in [0.05, 0.1) is 11.6 Å². The summed E-state index contributed by atoms with van der Waals surface area (Å²) in [5.74, 6) is 0. The second kappa shape index (κ2) is 5.54. The zero-order valence-corrected chi connectivity index (χ0v) is 12.6. The van der Waals surface area contributed by atoms with Gasteiger partial charge >= 0.3 is 0 Å². The molecule has 2 heteroatoms. The molecule has 2 aromatic carbocycles. The van der Waals surface area contributed by atoms with Crippen LogP contribution in [0.2, 0.25) is 0 Å². The van der Waals surface area contributed by atoms with Gasteiger partial charge in [0.15, 0.2) is 0 Å². The fourth-order valence-corrected chi connectivity index (χ4v) is 3.18. The predicted octanol–water partition coefficient (Wildman–Crippen LogP) is 4.17. The Balaban J connectivity index is 2.14. The molecule has 0 radical (unpaired) electrons. The minimum atomic E-state index is -0.389.